The van der Waals surface area contributed by atoms with Gasteiger partial charge in [0.15, 0.2) is 0 Å². The van der Waals surface area contributed by atoms with Crippen molar-refractivity contribution in [1.29, 1.82) is 0 Å². The summed E-state index contributed by atoms with van der Waals surface area (Å²) in [5.74, 6) is 1.41. The van der Waals surface area contributed by atoms with Gasteiger partial charge in [0.25, 0.3) is 0 Å². The Hall–Kier alpha value is -3.37. The number of aromatic amines is 1. The molecule has 10 heteroatoms. The molecule has 1 aromatic carbocycles. The molecule has 36 heavy (non-hydrogen) atoms. The number of morpholine rings is 1. The minimum Gasteiger partial charge on any atom is -0.444 e. The predicted molar refractivity (Wildman–Crippen MR) is 140 cm³/mol. The molecular formula is C26H35N7O3. The molecule has 0 atom stereocenters. The lowest BCUT2D eigenvalue weighted by Crippen LogP contribution is -2.49. The molecule has 2 N–H and O–H groups in total. The minimum atomic E-state index is -0.473. The topological polar surface area (TPSA) is 98.8 Å². The number of H-pyrrole nitrogens is 1. The van der Waals surface area contributed by atoms with Gasteiger partial charge in [-0.1, -0.05) is 0 Å². The Labute approximate surface area is 211 Å². The zero-order chi connectivity index (χ0) is 25.1. The Balaban J connectivity index is 1.18. The van der Waals surface area contributed by atoms with Crippen LogP contribution in [0.1, 0.15) is 26.3 Å². The summed E-state index contributed by atoms with van der Waals surface area (Å²) in [4.78, 5) is 31.3. The summed E-state index contributed by atoms with van der Waals surface area (Å²) in [5.41, 5.74) is 3.75. The van der Waals surface area contributed by atoms with Gasteiger partial charge in [-0.25, -0.2) is 14.8 Å². The lowest BCUT2D eigenvalue weighted by molar-refractivity contribution is 0.0139. The van der Waals surface area contributed by atoms with Crippen LogP contribution >= 0.6 is 0 Å². The number of piperazine rings is 1. The number of hydrogen-bond donors (Lipinski definition) is 2. The van der Waals surface area contributed by atoms with Crippen LogP contribution in [0.25, 0.3) is 11.0 Å². The van der Waals surface area contributed by atoms with E-state index in [-0.39, 0.29) is 6.09 Å². The largest absolute Gasteiger partial charge is 0.444 e. The van der Waals surface area contributed by atoms with Gasteiger partial charge in [0.1, 0.15) is 11.4 Å². The smallest absolute Gasteiger partial charge is 0.410 e. The number of pyridine rings is 1. The standard InChI is InChI=1S/C26H35N7O3/c1-26(2,3)36-25(34)33-10-8-31(9-11-33)18-19-6-7-27-23(16-19)30-24-28-21-5-4-20(17-22(21)29-24)32-12-14-35-15-13-32/h4-7,16-17H,8-15,18H2,1-3H3,(H2,27,28,29,30). The molecule has 0 bridgehead atoms. The highest BCUT2D eigenvalue weighted by Gasteiger charge is 2.25. The summed E-state index contributed by atoms with van der Waals surface area (Å²) >= 11 is 0. The molecule has 2 saturated heterocycles. The van der Waals surface area contributed by atoms with E-state index in [2.05, 4.69) is 42.2 Å². The molecule has 2 fully saturated rings. The molecule has 2 aliphatic heterocycles. The number of hydrogen-bond acceptors (Lipinski definition) is 8. The first-order chi connectivity index (χ1) is 17.3. The SMILES string of the molecule is CC(C)(C)OC(=O)N1CCN(Cc2ccnc(Nc3nc4ccc(N5CCOCC5)cc4[nH]3)c2)CC1. The second-order valence-corrected chi connectivity index (χ2v) is 10.3. The summed E-state index contributed by atoms with van der Waals surface area (Å²) in [6.07, 6.45) is 1.58. The summed E-state index contributed by atoms with van der Waals surface area (Å²) in [6, 6.07) is 10.4. The Kier molecular flexibility index (Phi) is 6.97. The molecule has 2 aromatic heterocycles. The maximum absolute atomic E-state index is 12.3. The molecule has 0 aliphatic carbocycles. The highest BCUT2D eigenvalue weighted by atomic mass is 16.6. The van der Waals surface area contributed by atoms with E-state index in [1.807, 2.05) is 45.2 Å². The van der Waals surface area contributed by atoms with Gasteiger partial charge in [-0.15, -0.1) is 0 Å². The van der Waals surface area contributed by atoms with Gasteiger partial charge in [0, 0.05) is 57.7 Å². The monoisotopic (exact) mass is 493 g/mol. The number of nitrogens with one attached hydrogen (secondary N) is 2. The number of fused-ring (bicyclic) bond motifs is 1. The van der Waals surface area contributed by atoms with Crippen molar-refractivity contribution in [2.24, 2.45) is 0 Å². The number of ether oxygens (including phenoxy) is 2. The van der Waals surface area contributed by atoms with E-state index >= 15 is 0 Å². The molecule has 0 spiro atoms. The Morgan fingerprint density at radius 1 is 1.08 bits per heavy atom. The van der Waals surface area contributed by atoms with Gasteiger partial charge in [0.2, 0.25) is 5.95 Å². The molecule has 0 saturated carbocycles. The molecule has 4 heterocycles. The maximum atomic E-state index is 12.3. The fourth-order valence-corrected chi connectivity index (χ4v) is 4.51. The second-order valence-electron chi connectivity index (χ2n) is 10.3. The van der Waals surface area contributed by atoms with Crippen LogP contribution in [0.3, 0.4) is 0 Å². The second kappa shape index (κ2) is 10.3. The molecule has 3 aromatic rings. The number of carbonyl (C=O) groups is 1. The van der Waals surface area contributed by atoms with Crippen LogP contribution in [0.5, 0.6) is 0 Å². The molecular weight excluding hydrogens is 458 g/mol. The van der Waals surface area contributed by atoms with Gasteiger partial charge in [-0.05, 0) is 56.7 Å². The van der Waals surface area contributed by atoms with Crippen LogP contribution in [0.4, 0.5) is 22.2 Å². The molecule has 1 amide bonds. The Morgan fingerprint density at radius 2 is 1.86 bits per heavy atom. The normalized spacial score (nSPS) is 17.4. The van der Waals surface area contributed by atoms with Crippen LogP contribution in [-0.4, -0.2) is 88.9 Å². The molecule has 5 rings (SSSR count). The van der Waals surface area contributed by atoms with E-state index < -0.39 is 5.60 Å². The minimum absolute atomic E-state index is 0.236. The van der Waals surface area contributed by atoms with Crippen molar-refractivity contribution in [3.05, 3.63) is 42.1 Å². The van der Waals surface area contributed by atoms with E-state index in [1.165, 1.54) is 5.69 Å². The van der Waals surface area contributed by atoms with Crippen LogP contribution in [-0.2, 0) is 16.0 Å². The van der Waals surface area contributed by atoms with Crippen LogP contribution in [0.15, 0.2) is 36.5 Å². The number of carbonyl (C=O) groups excluding carboxylic acids is 1. The third-order valence-corrected chi connectivity index (χ3v) is 6.34. The van der Waals surface area contributed by atoms with Gasteiger partial charge in [-0.2, -0.15) is 0 Å². The first-order valence-electron chi connectivity index (χ1n) is 12.6. The highest BCUT2D eigenvalue weighted by Crippen LogP contribution is 2.24. The number of aromatic nitrogens is 3. The van der Waals surface area contributed by atoms with E-state index in [1.54, 1.807) is 4.90 Å². The first kappa shape index (κ1) is 24.3. The molecule has 10 nitrogen and oxygen atoms in total. The lowest BCUT2D eigenvalue weighted by Gasteiger charge is -2.35. The number of imidazole rings is 1. The van der Waals surface area contributed by atoms with Gasteiger partial charge >= 0.3 is 6.09 Å². The quantitative estimate of drug-likeness (QED) is 0.556. The van der Waals surface area contributed by atoms with Crippen molar-refractivity contribution in [2.75, 3.05) is 62.7 Å². The summed E-state index contributed by atoms with van der Waals surface area (Å²) < 4.78 is 11.0. The van der Waals surface area contributed by atoms with Crippen LogP contribution in [0.2, 0.25) is 0 Å². The number of benzene rings is 1. The number of nitrogens with zero attached hydrogens (tertiary/aromatic N) is 5. The predicted octanol–water partition coefficient (Wildman–Crippen LogP) is 3.59. The lowest BCUT2D eigenvalue weighted by atomic mass is 10.2. The average molecular weight is 494 g/mol. The number of anilines is 3. The molecule has 0 unspecified atom stereocenters. The van der Waals surface area contributed by atoms with Gasteiger partial charge in [0.05, 0.1) is 24.2 Å². The van der Waals surface area contributed by atoms with E-state index in [4.69, 9.17) is 9.47 Å². The van der Waals surface area contributed by atoms with Crippen LogP contribution in [0, 0.1) is 0 Å². The molecule has 0 radical (unpaired) electrons. The van der Waals surface area contributed by atoms with Crippen molar-refractivity contribution in [2.45, 2.75) is 32.9 Å². The zero-order valence-corrected chi connectivity index (χ0v) is 21.3. The van der Waals surface area contributed by atoms with Crippen molar-refractivity contribution in [3.8, 4) is 0 Å². The van der Waals surface area contributed by atoms with E-state index in [0.717, 1.165) is 68.4 Å². The summed E-state index contributed by atoms with van der Waals surface area (Å²) in [7, 11) is 0. The third-order valence-electron chi connectivity index (χ3n) is 6.34. The van der Waals surface area contributed by atoms with Crippen molar-refractivity contribution in [3.63, 3.8) is 0 Å². The van der Waals surface area contributed by atoms with E-state index in [0.29, 0.717) is 19.0 Å². The Morgan fingerprint density at radius 3 is 2.61 bits per heavy atom. The van der Waals surface area contributed by atoms with Gasteiger partial charge < -0.3 is 29.6 Å². The average Bonchev–Trinajstić information content (AvgIpc) is 3.25. The van der Waals surface area contributed by atoms with E-state index in [9.17, 15) is 4.79 Å². The maximum Gasteiger partial charge on any atom is 0.410 e. The summed E-state index contributed by atoms with van der Waals surface area (Å²) in [5, 5.41) is 3.31. The molecule has 2 aliphatic rings. The third kappa shape index (κ3) is 6.06. The highest BCUT2D eigenvalue weighted by molar-refractivity contribution is 5.82. The van der Waals surface area contributed by atoms with Crippen molar-refractivity contribution >= 4 is 34.6 Å². The first-order valence-corrected chi connectivity index (χ1v) is 12.6. The van der Waals surface area contributed by atoms with Crippen molar-refractivity contribution in [1.82, 2.24) is 24.8 Å². The summed E-state index contributed by atoms with van der Waals surface area (Å²) in [6.45, 7) is 12.7. The molecule has 192 valence electrons. The number of amides is 1. The van der Waals surface area contributed by atoms with Gasteiger partial charge in [-0.3, -0.25) is 4.90 Å². The zero-order valence-electron chi connectivity index (χ0n) is 21.3. The Bertz CT molecular complexity index is 1190. The fraction of sp³-hybridized carbons (Fsp3) is 0.500. The number of rotatable bonds is 5. The van der Waals surface area contributed by atoms with Crippen LogP contribution < -0.4 is 10.2 Å². The fourth-order valence-electron chi connectivity index (χ4n) is 4.51. The van der Waals surface area contributed by atoms with Crippen molar-refractivity contribution < 1.29 is 14.3 Å².